The molecule has 0 saturated carbocycles. The highest BCUT2D eigenvalue weighted by Gasteiger charge is 2.03. The molecule has 0 atom stereocenters. The summed E-state index contributed by atoms with van der Waals surface area (Å²) in [4.78, 5) is 22.6. The number of methoxy groups -OCH3 is 1. The Balaban J connectivity index is 2.51. The van der Waals surface area contributed by atoms with Gasteiger partial charge in [-0.05, 0) is 31.2 Å². The number of rotatable bonds is 2. The van der Waals surface area contributed by atoms with E-state index in [1.54, 1.807) is 12.1 Å². The van der Waals surface area contributed by atoms with Gasteiger partial charge in [-0.25, -0.2) is 9.59 Å². The van der Waals surface area contributed by atoms with E-state index in [4.69, 9.17) is 4.42 Å². The van der Waals surface area contributed by atoms with Crippen molar-refractivity contribution in [2.45, 2.75) is 6.92 Å². The fourth-order valence-electron chi connectivity index (χ4n) is 1.60. The molecule has 2 aromatic rings. The van der Waals surface area contributed by atoms with Crippen molar-refractivity contribution in [3.8, 4) is 0 Å². The van der Waals surface area contributed by atoms with E-state index in [0.717, 1.165) is 10.9 Å². The van der Waals surface area contributed by atoms with Gasteiger partial charge in [-0.15, -0.1) is 0 Å². The first-order valence-electron chi connectivity index (χ1n) is 5.40. The minimum atomic E-state index is -0.515. The average Bonchev–Trinajstić information content (AvgIpc) is 2.36. The first kappa shape index (κ1) is 12.1. The number of aryl methyl sites for hydroxylation is 1. The van der Waals surface area contributed by atoms with Gasteiger partial charge in [0.25, 0.3) is 0 Å². The molecule has 0 amide bonds. The molecule has 0 aliphatic heterocycles. The number of carbonyl (C=O) groups excluding carboxylic acids is 1. The maximum atomic E-state index is 11.6. The molecule has 0 fully saturated rings. The molecule has 92 valence electrons. The van der Waals surface area contributed by atoms with Gasteiger partial charge in [0, 0.05) is 11.5 Å². The van der Waals surface area contributed by atoms with Crippen molar-refractivity contribution >= 4 is 23.0 Å². The Morgan fingerprint density at radius 3 is 2.83 bits per heavy atom. The second-order valence-electron chi connectivity index (χ2n) is 3.89. The lowest BCUT2D eigenvalue weighted by atomic mass is 10.1. The van der Waals surface area contributed by atoms with Crippen LogP contribution in [0.3, 0.4) is 0 Å². The van der Waals surface area contributed by atoms with Crippen molar-refractivity contribution in [2.24, 2.45) is 0 Å². The predicted molar refractivity (Wildman–Crippen MR) is 68.3 cm³/mol. The van der Waals surface area contributed by atoms with Crippen molar-refractivity contribution < 1.29 is 13.9 Å². The summed E-state index contributed by atoms with van der Waals surface area (Å²) in [6.07, 6.45) is 2.58. The summed E-state index contributed by atoms with van der Waals surface area (Å²) in [5, 5.41) is 0.819. The largest absolute Gasteiger partial charge is 0.466 e. The van der Waals surface area contributed by atoms with E-state index in [1.807, 2.05) is 19.1 Å². The maximum absolute atomic E-state index is 11.6. The summed E-state index contributed by atoms with van der Waals surface area (Å²) >= 11 is 0. The highest BCUT2D eigenvalue weighted by molar-refractivity contribution is 5.88. The molecule has 0 N–H and O–H groups in total. The van der Waals surface area contributed by atoms with Gasteiger partial charge in [-0.2, -0.15) is 0 Å². The van der Waals surface area contributed by atoms with E-state index in [1.165, 1.54) is 19.3 Å². The maximum Gasteiger partial charge on any atom is 0.343 e. The van der Waals surface area contributed by atoms with Crippen LogP contribution in [0.2, 0.25) is 0 Å². The topological polar surface area (TPSA) is 56.5 Å². The molecule has 1 aromatic carbocycles. The number of hydrogen-bond donors (Lipinski definition) is 0. The Kier molecular flexibility index (Phi) is 3.28. The molecule has 0 bridgehead atoms. The number of ether oxygens (including phenoxy) is 1. The van der Waals surface area contributed by atoms with Gasteiger partial charge in [-0.1, -0.05) is 11.6 Å². The van der Waals surface area contributed by atoms with Crippen LogP contribution in [-0.2, 0) is 9.53 Å². The molecule has 0 unspecified atom stereocenters. The van der Waals surface area contributed by atoms with E-state index in [9.17, 15) is 9.59 Å². The smallest absolute Gasteiger partial charge is 0.343 e. The summed E-state index contributed by atoms with van der Waals surface area (Å²) in [6.45, 7) is 1.95. The lowest BCUT2D eigenvalue weighted by Gasteiger charge is -1.99. The number of benzene rings is 1. The van der Waals surface area contributed by atoms with Crippen LogP contribution in [0, 0.1) is 6.92 Å². The van der Waals surface area contributed by atoms with Gasteiger partial charge in [0.15, 0.2) is 0 Å². The highest BCUT2D eigenvalue weighted by Crippen LogP contribution is 2.15. The molecule has 1 heterocycles. The SMILES string of the molecule is COC(=O)/C=C/c1cc2cc(C)ccc2oc1=O. The fraction of sp³-hybridized carbons (Fsp3) is 0.143. The Morgan fingerprint density at radius 2 is 2.11 bits per heavy atom. The number of esters is 1. The van der Waals surface area contributed by atoms with Crippen molar-refractivity contribution in [2.75, 3.05) is 7.11 Å². The van der Waals surface area contributed by atoms with Crippen molar-refractivity contribution in [1.29, 1.82) is 0 Å². The standard InChI is InChI=1S/C14H12O4/c1-9-3-5-12-11(7-9)8-10(14(16)18-12)4-6-13(15)17-2/h3-8H,1-2H3/b6-4+. The van der Waals surface area contributed by atoms with Crippen LogP contribution < -0.4 is 5.63 Å². The third-order valence-corrected chi connectivity index (χ3v) is 2.51. The van der Waals surface area contributed by atoms with Crippen molar-refractivity contribution in [1.82, 2.24) is 0 Å². The zero-order chi connectivity index (χ0) is 13.1. The van der Waals surface area contributed by atoms with Crippen LogP contribution in [0.4, 0.5) is 0 Å². The summed E-state index contributed by atoms with van der Waals surface area (Å²) in [6, 6.07) is 7.22. The first-order valence-corrected chi connectivity index (χ1v) is 5.40. The Bertz CT molecular complexity index is 680. The third kappa shape index (κ3) is 2.48. The predicted octanol–water partition coefficient (Wildman–Crippen LogP) is 2.29. The molecule has 18 heavy (non-hydrogen) atoms. The molecule has 4 nitrogen and oxygen atoms in total. The monoisotopic (exact) mass is 244 g/mol. The molecule has 1 aromatic heterocycles. The molecule has 0 spiro atoms. The van der Waals surface area contributed by atoms with E-state index in [-0.39, 0.29) is 0 Å². The molecule has 0 saturated heterocycles. The average molecular weight is 244 g/mol. The zero-order valence-corrected chi connectivity index (χ0v) is 10.1. The molecule has 0 aliphatic carbocycles. The second-order valence-corrected chi connectivity index (χ2v) is 3.89. The van der Waals surface area contributed by atoms with Gasteiger partial charge in [0.05, 0.1) is 12.7 Å². The summed E-state index contributed by atoms with van der Waals surface area (Å²) in [5.41, 5.74) is 1.44. The Morgan fingerprint density at radius 1 is 1.33 bits per heavy atom. The van der Waals surface area contributed by atoms with Crippen LogP contribution in [0.5, 0.6) is 0 Å². The normalized spacial score (nSPS) is 11.0. The van der Waals surface area contributed by atoms with Crippen LogP contribution in [-0.4, -0.2) is 13.1 Å². The van der Waals surface area contributed by atoms with E-state index in [2.05, 4.69) is 4.74 Å². The Hall–Kier alpha value is -2.36. The second kappa shape index (κ2) is 4.87. The summed E-state index contributed by atoms with van der Waals surface area (Å²) in [7, 11) is 1.28. The first-order chi connectivity index (χ1) is 8.60. The minimum absolute atomic E-state index is 0.318. The molecule has 2 rings (SSSR count). The van der Waals surface area contributed by atoms with Crippen LogP contribution in [0.1, 0.15) is 11.1 Å². The molecular formula is C14H12O4. The third-order valence-electron chi connectivity index (χ3n) is 2.51. The lowest BCUT2D eigenvalue weighted by molar-refractivity contribution is -0.134. The zero-order valence-electron chi connectivity index (χ0n) is 10.1. The minimum Gasteiger partial charge on any atom is -0.466 e. The Labute approximate surface area is 103 Å². The lowest BCUT2D eigenvalue weighted by Crippen LogP contribution is -2.03. The van der Waals surface area contributed by atoms with Gasteiger partial charge >= 0.3 is 11.6 Å². The van der Waals surface area contributed by atoms with Gasteiger partial charge in [0.2, 0.25) is 0 Å². The van der Waals surface area contributed by atoms with E-state index < -0.39 is 11.6 Å². The van der Waals surface area contributed by atoms with Crippen molar-refractivity contribution in [3.05, 3.63) is 51.9 Å². The van der Waals surface area contributed by atoms with Crippen LogP contribution in [0.15, 0.2) is 39.6 Å². The van der Waals surface area contributed by atoms with Gasteiger partial charge in [-0.3, -0.25) is 0 Å². The molecule has 0 aliphatic rings. The van der Waals surface area contributed by atoms with E-state index >= 15 is 0 Å². The van der Waals surface area contributed by atoms with E-state index in [0.29, 0.717) is 11.1 Å². The number of hydrogen-bond acceptors (Lipinski definition) is 4. The van der Waals surface area contributed by atoms with Crippen LogP contribution in [0.25, 0.3) is 17.0 Å². The quantitative estimate of drug-likeness (QED) is 0.462. The highest BCUT2D eigenvalue weighted by atomic mass is 16.5. The molecular weight excluding hydrogens is 232 g/mol. The molecule has 0 radical (unpaired) electrons. The fourth-order valence-corrected chi connectivity index (χ4v) is 1.60. The van der Waals surface area contributed by atoms with Crippen molar-refractivity contribution in [3.63, 3.8) is 0 Å². The number of fused-ring (bicyclic) bond motifs is 1. The summed E-state index contributed by atoms with van der Waals surface area (Å²) in [5.74, 6) is -0.515. The summed E-state index contributed by atoms with van der Waals surface area (Å²) < 4.78 is 9.61. The van der Waals surface area contributed by atoms with Gasteiger partial charge in [0.1, 0.15) is 5.58 Å². The van der Waals surface area contributed by atoms with Gasteiger partial charge < -0.3 is 9.15 Å². The molecule has 4 heteroatoms. The van der Waals surface area contributed by atoms with Crippen LogP contribution >= 0.6 is 0 Å². The number of carbonyl (C=O) groups is 1.